The van der Waals surface area contributed by atoms with Crippen molar-refractivity contribution in [2.24, 2.45) is 45.3 Å². The summed E-state index contributed by atoms with van der Waals surface area (Å²) < 4.78 is 78.1. The van der Waals surface area contributed by atoms with Crippen LogP contribution in [-0.2, 0) is 38.1 Å². The average Bonchev–Trinajstić information content (AvgIpc) is 3.75. The number of alkyl halides is 4. The van der Waals surface area contributed by atoms with Gasteiger partial charge in [-0.25, -0.2) is 4.39 Å². The first-order chi connectivity index (χ1) is 23.6. The van der Waals surface area contributed by atoms with Gasteiger partial charge in [0.2, 0.25) is 0 Å². The van der Waals surface area contributed by atoms with Crippen molar-refractivity contribution in [2.75, 3.05) is 0 Å². The molecule has 4 aliphatic rings. The van der Waals surface area contributed by atoms with Gasteiger partial charge in [-0.1, -0.05) is 41.5 Å². The van der Waals surface area contributed by atoms with Gasteiger partial charge in [-0.3, -0.25) is 19.2 Å². The number of hydrogen-bond donors (Lipinski definition) is 1. The quantitative estimate of drug-likeness (QED) is 0.100. The highest BCUT2D eigenvalue weighted by Crippen LogP contribution is 2.57. The molecule has 3 aliphatic carbocycles. The van der Waals surface area contributed by atoms with E-state index in [0.29, 0.717) is 25.7 Å². The fourth-order valence-electron chi connectivity index (χ4n) is 9.47. The minimum atomic E-state index is -5.61. The van der Waals surface area contributed by atoms with Crippen LogP contribution in [0, 0.1) is 45.3 Å². The predicted octanol–water partition coefficient (Wildman–Crippen LogP) is 8.18. The molecule has 1 N–H and O–H groups in total. The van der Waals surface area contributed by atoms with Crippen LogP contribution < -0.4 is 0 Å². The molecule has 13 heteroatoms. The molecule has 9 atom stereocenters. The van der Waals surface area contributed by atoms with Crippen molar-refractivity contribution < 1.29 is 60.8 Å². The average molecular weight is 749 g/mol. The molecule has 52 heavy (non-hydrogen) atoms. The second-order valence-electron chi connectivity index (χ2n) is 18.9. The summed E-state index contributed by atoms with van der Waals surface area (Å²) in [4.78, 5) is 55.1. The van der Waals surface area contributed by atoms with Gasteiger partial charge in [0.25, 0.3) is 0 Å². The summed E-state index contributed by atoms with van der Waals surface area (Å²) in [6.45, 7) is 17.5. The molecule has 0 aromatic rings. The van der Waals surface area contributed by atoms with Gasteiger partial charge >= 0.3 is 35.9 Å². The lowest BCUT2D eigenvalue weighted by Crippen LogP contribution is -2.50. The van der Waals surface area contributed by atoms with E-state index in [-0.39, 0.29) is 60.7 Å². The number of aliphatic hydroxyl groups is 1. The Morgan fingerprint density at radius 1 is 0.904 bits per heavy atom. The molecule has 1 heterocycles. The number of rotatable bonds is 15. The van der Waals surface area contributed by atoms with Crippen LogP contribution >= 0.6 is 0 Å². The predicted molar refractivity (Wildman–Crippen MR) is 182 cm³/mol. The maximum atomic E-state index is 14.5. The summed E-state index contributed by atoms with van der Waals surface area (Å²) in [5.74, 6) is -7.75. The van der Waals surface area contributed by atoms with E-state index < -0.39 is 76.5 Å². The number of esters is 4. The van der Waals surface area contributed by atoms with Crippen LogP contribution in [0.15, 0.2) is 0 Å². The molecule has 0 spiro atoms. The van der Waals surface area contributed by atoms with E-state index in [0.717, 1.165) is 12.8 Å². The Morgan fingerprint density at radius 2 is 1.50 bits per heavy atom. The second-order valence-corrected chi connectivity index (χ2v) is 18.9. The zero-order chi connectivity index (χ0) is 39.5. The van der Waals surface area contributed by atoms with E-state index in [2.05, 4.69) is 0 Å². The first-order valence-corrected chi connectivity index (χ1v) is 18.9. The zero-order valence-corrected chi connectivity index (χ0v) is 32.5. The molecule has 0 amide bonds. The minimum Gasteiger partial charge on any atom is -0.462 e. The van der Waals surface area contributed by atoms with E-state index in [1.807, 2.05) is 27.7 Å². The first kappa shape index (κ1) is 42.3. The van der Waals surface area contributed by atoms with Crippen LogP contribution in [0.2, 0.25) is 0 Å². The highest BCUT2D eigenvalue weighted by atomic mass is 19.4. The van der Waals surface area contributed by atoms with Crippen molar-refractivity contribution in [1.29, 1.82) is 0 Å². The molecule has 2 bridgehead atoms. The van der Waals surface area contributed by atoms with E-state index >= 15 is 0 Å². The second kappa shape index (κ2) is 14.3. The van der Waals surface area contributed by atoms with E-state index in [4.69, 9.17) is 18.9 Å². The topological polar surface area (TPSA) is 125 Å². The Balaban J connectivity index is 1.64. The Morgan fingerprint density at radius 3 is 2.02 bits per heavy atom. The van der Waals surface area contributed by atoms with Crippen LogP contribution in [-0.4, -0.2) is 64.9 Å². The fourth-order valence-corrected chi connectivity index (χ4v) is 9.47. The maximum Gasteiger partial charge on any atom is 0.448 e. The lowest BCUT2D eigenvalue weighted by molar-refractivity contribution is -0.323. The lowest BCUT2D eigenvalue weighted by atomic mass is 9.65. The molecule has 9 nitrogen and oxygen atoms in total. The SMILES string of the molecule is CCC(C)(CC(C)(CC(C)(C)C(=O)OC(CC(C)C)CC(O)(F)C(F)(F)F)C(=O)OC1C2CC3C(=O)OC1C3C2)C(=O)OC1(C(C)(C)C)CCCC1. The molecule has 1 aliphatic heterocycles. The van der Waals surface area contributed by atoms with Gasteiger partial charge in [-0.2, -0.15) is 13.2 Å². The van der Waals surface area contributed by atoms with Gasteiger partial charge in [0.05, 0.1) is 28.6 Å². The summed E-state index contributed by atoms with van der Waals surface area (Å²) in [6, 6.07) is 0. The lowest BCUT2D eigenvalue weighted by Gasteiger charge is -2.45. The van der Waals surface area contributed by atoms with Crippen molar-refractivity contribution in [3.63, 3.8) is 0 Å². The first-order valence-electron chi connectivity index (χ1n) is 18.9. The van der Waals surface area contributed by atoms with Crippen LogP contribution in [0.4, 0.5) is 17.6 Å². The standard InChI is InChI=1S/C39H60F4O9/c1-11-35(9,32(47)52-37(33(4,5)6)14-12-13-15-37)21-36(10,31(46)51-27-23-17-25-26(18-23)29(44)50-28(25)27)20-34(7,8)30(45)49-24(16-22(2)3)19-38(40,48)39(41,42)43/h22-28,48H,11-21H2,1-10H3. The number of ether oxygens (including phenoxy) is 4. The van der Waals surface area contributed by atoms with Crippen LogP contribution in [0.3, 0.4) is 0 Å². The number of carbonyl (C=O) groups excluding carboxylic acids is 4. The van der Waals surface area contributed by atoms with Gasteiger partial charge in [-0.05, 0) is 97.8 Å². The Kier molecular flexibility index (Phi) is 11.7. The largest absolute Gasteiger partial charge is 0.462 e. The number of halogens is 4. The summed E-state index contributed by atoms with van der Waals surface area (Å²) >= 11 is 0. The monoisotopic (exact) mass is 748 g/mol. The summed E-state index contributed by atoms with van der Waals surface area (Å²) in [5, 5.41) is 9.61. The van der Waals surface area contributed by atoms with Gasteiger partial charge in [0, 0.05) is 17.3 Å². The number of carbonyl (C=O) groups is 4. The Labute approximate surface area is 305 Å². The highest BCUT2D eigenvalue weighted by molar-refractivity contribution is 5.83. The van der Waals surface area contributed by atoms with Gasteiger partial charge < -0.3 is 24.1 Å². The molecule has 9 unspecified atom stereocenters. The normalized spacial score (nSPS) is 29.5. The van der Waals surface area contributed by atoms with Crippen LogP contribution in [0.1, 0.15) is 140 Å². The van der Waals surface area contributed by atoms with Crippen molar-refractivity contribution >= 4 is 23.9 Å². The van der Waals surface area contributed by atoms with E-state index in [1.165, 1.54) is 13.8 Å². The molecular weight excluding hydrogens is 688 g/mol. The van der Waals surface area contributed by atoms with Crippen LogP contribution in [0.25, 0.3) is 0 Å². The van der Waals surface area contributed by atoms with Crippen LogP contribution in [0.5, 0.6) is 0 Å². The summed E-state index contributed by atoms with van der Waals surface area (Å²) in [5.41, 5.74) is -5.41. The third-order valence-corrected chi connectivity index (χ3v) is 12.6. The molecule has 0 aromatic carbocycles. The Bertz CT molecular complexity index is 1360. The molecular formula is C39H60F4O9. The zero-order valence-electron chi connectivity index (χ0n) is 32.5. The molecule has 1 saturated heterocycles. The van der Waals surface area contributed by atoms with Gasteiger partial charge in [0.1, 0.15) is 23.9 Å². The molecule has 4 rings (SSSR count). The van der Waals surface area contributed by atoms with Crippen molar-refractivity contribution in [3.8, 4) is 0 Å². The fraction of sp³-hybridized carbons (Fsp3) is 0.897. The summed E-state index contributed by atoms with van der Waals surface area (Å²) in [7, 11) is 0. The number of hydrogen-bond acceptors (Lipinski definition) is 9. The summed E-state index contributed by atoms with van der Waals surface area (Å²) in [6.07, 6.45) is -5.85. The van der Waals surface area contributed by atoms with E-state index in [9.17, 15) is 41.8 Å². The molecule has 4 fully saturated rings. The molecule has 0 aromatic heterocycles. The third kappa shape index (κ3) is 8.28. The molecule has 298 valence electrons. The van der Waals surface area contributed by atoms with Gasteiger partial charge in [-0.15, -0.1) is 0 Å². The molecule has 3 saturated carbocycles. The minimum absolute atomic E-state index is 0.0485. The smallest absolute Gasteiger partial charge is 0.448 e. The van der Waals surface area contributed by atoms with Crippen molar-refractivity contribution in [2.45, 2.75) is 176 Å². The van der Waals surface area contributed by atoms with Crippen molar-refractivity contribution in [1.82, 2.24) is 0 Å². The van der Waals surface area contributed by atoms with E-state index in [1.54, 1.807) is 27.7 Å². The highest BCUT2D eigenvalue weighted by Gasteiger charge is 2.64. The molecule has 0 radical (unpaired) electrons. The van der Waals surface area contributed by atoms with Crippen molar-refractivity contribution in [3.05, 3.63) is 0 Å². The maximum absolute atomic E-state index is 14.5. The number of fused-ring (bicyclic) bond motifs is 1. The Hall–Kier alpha value is -2.44. The van der Waals surface area contributed by atoms with Gasteiger partial charge in [0.15, 0.2) is 0 Å². The third-order valence-electron chi connectivity index (χ3n) is 12.6.